The predicted molar refractivity (Wildman–Crippen MR) is 100 cm³/mol. The minimum Gasteiger partial charge on any atom is -0.507 e. The van der Waals surface area contributed by atoms with E-state index in [0.717, 1.165) is 19.1 Å². The number of carbonyl (C=O) groups excluding carboxylic acids is 3. The molecule has 0 amide bonds. The summed E-state index contributed by atoms with van der Waals surface area (Å²) in [6.45, 7) is 1.15. The van der Waals surface area contributed by atoms with Gasteiger partial charge in [0.25, 0.3) is 0 Å². The Labute approximate surface area is 170 Å². The molecule has 0 saturated carbocycles. The Morgan fingerprint density at radius 1 is 0.933 bits per heavy atom. The van der Waals surface area contributed by atoms with Crippen LogP contribution in [0, 0.1) is 0 Å². The van der Waals surface area contributed by atoms with E-state index in [4.69, 9.17) is 9.47 Å². The van der Waals surface area contributed by atoms with Crippen LogP contribution in [0.5, 0.6) is 17.2 Å². The molecule has 4 N–H and O–H groups in total. The number of hydrogen-bond acceptors (Lipinski definition) is 9. The van der Waals surface area contributed by atoms with Gasteiger partial charge in [-0.15, -0.1) is 0 Å². The van der Waals surface area contributed by atoms with E-state index < -0.39 is 52.2 Å². The van der Waals surface area contributed by atoms with E-state index in [1.807, 2.05) is 0 Å². The second-order valence-corrected chi connectivity index (χ2v) is 7.41. The van der Waals surface area contributed by atoms with Crippen LogP contribution in [0.3, 0.4) is 0 Å². The molecule has 0 bridgehead atoms. The molecule has 4 rings (SSSR count). The Morgan fingerprint density at radius 3 is 2.17 bits per heavy atom. The summed E-state index contributed by atoms with van der Waals surface area (Å²) in [7, 11) is 2.49. The van der Waals surface area contributed by atoms with Gasteiger partial charge in [-0.05, 0) is 19.1 Å². The Balaban J connectivity index is 2.03. The number of methoxy groups -OCH3 is 2. The molecule has 0 aliphatic heterocycles. The third-order valence-corrected chi connectivity index (χ3v) is 5.71. The highest BCUT2D eigenvalue weighted by Crippen LogP contribution is 2.47. The highest BCUT2D eigenvalue weighted by molar-refractivity contribution is 6.31. The number of aliphatic hydroxyl groups excluding tert-OH is 1. The Bertz CT molecular complexity index is 1150. The largest absolute Gasteiger partial charge is 0.507 e. The highest BCUT2D eigenvalue weighted by atomic mass is 16.5. The smallest absolute Gasteiger partial charge is 0.201 e. The fourth-order valence-electron chi connectivity index (χ4n) is 4.21. The van der Waals surface area contributed by atoms with E-state index in [0.29, 0.717) is 0 Å². The van der Waals surface area contributed by atoms with Crippen molar-refractivity contribution < 1.29 is 44.3 Å². The van der Waals surface area contributed by atoms with Gasteiger partial charge < -0.3 is 29.9 Å². The van der Waals surface area contributed by atoms with E-state index in [1.54, 1.807) is 0 Å². The molecule has 0 heterocycles. The number of aromatic hydroxyl groups is 2. The number of phenolic OH excluding ortho intramolecular Hbond substituents is 2. The molecule has 0 aromatic heterocycles. The highest BCUT2D eigenvalue weighted by Gasteiger charge is 2.52. The summed E-state index contributed by atoms with van der Waals surface area (Å²) >= 11 is 0. The van der Waals surface area contributed by atoms with Crippen LogP contribution in [0.1, 0.15) is 60.8 Å². The third kappa shape index (κ3) is 2.37. The summed E-state index contributed by atoms with van der Waals surface area (Å²) in [5.74, 6) is -3.63. The molecule has 0 saturated heterocycles. The molecule has 3 atom stereocenters. The Morgan fingerprint density at radius 2 is 1.57 bits per heavy atom. The maximum atomic E-state index is 13.1. The number of fused-ring (bicyclic) bond motifs is 3. The van der Waals surface area contributed by atoms with Gasteiger partial charge in [0.1, 0.15) is 29.5 Å². The van der Waals surface area contributed by atoms with E-state index in [2.05, 4.69) is 0 Å². The van der Waals surface area contributed by atoms with Gasteiger partial charge in [-0.1, -0.05) is 0 Å². The molecule has 156 valence electrons. The number of Topliss-reactive ketones (excluding diaryl/α,β-unsaturated/α-hetero) is 1. The van der Waals surface area contributed by atoms with Crippen LogP contribution >= 0.6 is 0 Å². The number of hydrogen-bond donors (Lipinski definition) is 4. The summed E-state index contributed by atoms with van der Waals surface area (Å²) in [6.07, 6.45) is -3.07. The minimum absolute atomic E-state index is 0.135. The fourth-order valence-corrected chi connectivity index (χ4v) is 4.21. The number of ketones is 3. The van der Waals surface area contributed by atoms with Crippen molar-refractivity contribution in [3.63, 3.8) is 0 Å². The van der Waals surface area contributed by atoms with Gasteiger partial charge in [0.05, 0.1) is 18.2 Å². The first-order valence-electron chi connectivity index (χ1n) is 8.94. The second kappa shape index (κ2) is 6.36. The van der Waals surface area contributed by atoms with Crippen LogP contribution in [-0.2, 0) is 4.74 Å². The quantitative estimate of drug-likeness (QED) is 0.479. The first kappa shape index (κ1) is 20.0. The lowest BCUT2D eigenvalue weighted by Crippen LogP contribution is -2.54. The van der Waals surface area contributed by atoms with Crippen molar-refractivity contribution in [2.75, 3.05) is 14.2 Å². The van der Waals surface area contributed by atoms with Crippen molar-refractivity contribution >= 4 is 17.3 Å². The Kier molecular flexibility index (Phi) is 4.25. The molecule has 0 radical (unpaired) electrons. The Hall–Kier alpha value is -3.27. The maximum absolute atomic E-state index is 13.1. The number of carbonyl (C=O) groups is 3. The lowest BCUT2D eigenvalue weighted by atomic mass is 9.72. The van der Waals surface area contributed by atoms with E-state index >= 15 is 0 Å². The molecule has 9 nitrogen and oxygen atoms in total. The predicted octanol–water partition coefficient (Wildman–Crippen LogP) is 0.877. The third-order valence-electron chi connectivity index (χ3n) is 5.71. The van der Waals surface area contributed by atoms with Crippen LogP contribution in [0.2, 0.25) is 0 Å². The summed E-state index contributed by atoms with van der Waals surface area (Å²) in [5, 5.41) is 42.3. The molecule has 9 heteroatoms. The molecule has 2 aliphatic rings. The lowest BCUT2D eigenvalue weighted by molar-refractivity contribution is -0.119. The SMILES string of the molecule is COc1cc(O)c2c(c1)C(=O)c1cc3c(c(O)c1C2=O)C(O)C(OC)C(C)(O)C3=O. The molecule has 2 aliphatic carbocycles. The molecule has 2 aromatic carbocycles. The van der Waals surface area contributed by atoms with E-state index in [1.165, 1.54) is 20.3 Å². The van der Waals surface area contributed by atoms with Crippen molar-refractivity contribution in [3.05, 3.63) is 51.6 Å². The molecular formula is C21H18O9. The number of rotatable bonds is 2. The average Bonchev–Trinajstić information content (AvgIpc) is 2.69. The summed E-state index contributed by atoms with van der Waals surface area (Å²) in [6, 6.07) is 3.49. The molecule has 3 unspecified atom stereocenters. The van der Waals surface area contributed by atoms with Gasteiger partial charge in [-0.3, -0.25) is 14.4 Å². The number of benzene rings is 2. The fraction of sp³-hybridized carbons (Fsp3) is 0.286. The zero-order valence-corrected chi connectivity index (χ0v) is 16.2. The topological polar surface area (TPSA) is 151 Å². The van der Waals surface area contributed by atoms with Crippen molar-refractivity contribution in [2.45, 2.75) is 24.7 Å². The molecular weight excluding hydrogens is 396 g/mol. The molecule has 30 heavy (non-hydrogen) atoms. The average molecular weight is 414 g/mol. The first-order valence-corrected chi connectivity index (χ1v) is 8.94. The zero-order valence-electron chi connectivity index (χ0n) is 16.2. The van der Waals surface area contributed by atoms with Gasteiger partial charge in [0, 0.05) is 35.4 Å². The maximum Gasteiger partial charge on any atom is 0.201 e. The van der Waals surface area contributed by atoms with Gasteiger partial charge >= 0.3 is 0 Å². The van der Waals surface area contributed by atoms with Gasteiger partial charge in [-0.25, -0.2) is 0 Å². The van der Waals surface area contributed by atoms with Crippen LogP contribution in [0.15, 0.2) is 18.2 Å². The summed E-state index contributed by atoms with van der Waals surface area (Å²) in [4.78, 5) is 39.0. The van der Waals surface area contributed by atoms with Gasteiger partial charge in [0.15, 0.2) is 17.2 Å². The molecule has 2 aromatic rings. The number of ether oxygens (including phenoxy) is 2. The summed E-state index contributed by atoms with van der Waals surface area (Å²) in [5.41, 5.74) is -3.98. The van der Waals surface area contributed by atoms with Crippen LogP contribution in [0.25, 0.3) is 0 Å². The van der Waals surface area contributed by atoms with Crippen LogP contribution in [0.4, 0.5) is 0 Å². The van der Waals surface area contributed by atoms with Crippen molar-refractivity contribution in [1.82, 2.24) is 0 Å². The van der Waals surface area contributed by atoms with Gasteiger partial charge in [-0.2, -0.15) is 0 Å². The summed E-state index contributed by atoms with van der Waals surface area (Å²) < 4.78 is 10.1. The standard InChI is InChI=1S/C21H18O9/c1-21(28)19(27)10-6-9-13(17(25)14(10)18(26)20(21)30-3)16(24)12-8(15(9)23)4-7(29-2)5-11(12)22/h4-6,18,20,22,25-26,28H,1-3H3. The zero-order chi connectivity index (χ0) is 22.1. The molecule has 0 spiro atoms. The molecule has 0 fully saturated rings. The monoisotopic (exact) mass is 414 g/mol. The van der Waals surface area contributed by atoms with E-state index in [9.17, 15) is 34.8 Å². The minimum atomic E-state index is -2.14. The van der Waals surface area contributed by atoms with Crippen molar-refractivity contribution in [1.29, 1.82) is 0 Å². The van der Waals surface area contributed by atoms with Gasteiger partial charge in [0.2, 0.25) is 5.78 Å². The van der Waals surface area contributed by atoms with E-state index in [-0.39, 0.29) is 33.6 Å². The lowest BCUT2D eigenvalue weighted by Gasteiger charge is -2.39. The van der Waals surface area contributed by atoms with Crippen LogP contribution < -0.4 is 4.74 Å². The van der Waals surface area contributed by atoms with Crippen molar-refractivity contribution in [3.8, 4) is 17.2 Å². The van der Waals surface area contributed by atoms with Crippen LogP contribution in [-0.4, -0.2) is 63.7 Å². The second-order valence-electron chi connectivity index (χ2n) is 7.41. The number of phenols is 2. The normalized spacial score (nSPS) is 24.9. The first-order chi connectivity index (χ1) is 14.1. The number of aliphatic hydroxyl groups is 2. The van der Waals surface area contributed by atoms with Crippen molar-refractivity contribution in [2.24, 2.45) is 0 Å².